The summed E-state index contributed by atoms with van der Waals surface area (Å²) in [5, 5.41) is 2.24. The predicted molar refractivity (Wildman–Crippen MR) is 104 cm³/mol. The van der Waals surface area contributed by atoms with E-state index in [-0.39, 0.29) is 5.25 Å². The van der Waals surface area contributed by atoms with Gasteiger partial charge in [-0.3, -0.25) is 0 Å². The lowest BCUT2D eigenvalue weighted by atomic mass is 10.0. The average molecular weight is 350 g/mol. The van der Waals surface area contributed by atoms with Gasteiger partial charge >= 0.3 is 0 Å². The zero-order chi connectivity index (χ0) is 16.4. The van der Waals surface area contributed by atoms with Crippen LogP contribution in [0.4, 0.5) is 0 Å². The zero-order valence-corrected chi connectivity index (χ0v) is 14.5. The van der Waals surface area contributed by atoms with Crippen molar-refractivity contribution < 1.29 is 0 Å². The van der Waals surface area contributed by atoms with Gasteiger partial charge in [0.1, 0.15) is 0 Å². The van der Waals surface area contributed by atoms with Crippen LogP contribution in [-0.4, -0.2) is 4.98 Å². The lowest BCUT2D eigenvalue weighted by Crippen LogP contribution is -1.96. The van der Waals surface area contributed by atoms with Crippen LogP contribution in [0.15, 0.2) is 90.0 Å². The van der Waals surface area contributed by atoms with Gasteiger partial charge in [0, 0.05) is 27.0 Å². The Morgan fingerprint density at radius 2 is 1.50 bits per heavy atom. The SMILES string of the molecule is Clc1ccc(C(Sc2ccccc2)c2c[nH]c3ccccc23)cc1. The van der Waals surface area contributed by atoms with Gasteiger partial charge in [0.15, 0.2) is 0 Å². The van der Waals surface area contributed by atoms with Gasteiger partial charge < -0.3 is 4.98 Å². The molecule has 1 N–H and O–H groups in total. The van der Waals surface area contributed by atoms with E-state index in [4.69, 9.17) is 11.6 Å². The monoisotopic (exact) mass is 349 g/mol. The number of aromatic amines is 1. The fraction of sp³-hybridized carbons (Fsp3) is 0.0476. The Kier molecular flexibility index (Phi) is 4.33. The molecule has 0 radical (unpaired) electrons. The Morgan fingerprint density at radius 3 is 2.29 bits per heavy atom. The molecule has 0 aliphatic carbocycles. The fourth-order valence-electron chi connectivity index (χ4n) is 2.89. The number of benzene rings is 3. The van der Waals surface area contributed by atoms with Crippen molar-refractivity contribution in [2.24, 2.45) is 0 Å². The van der Waals surface area contributed by atoms with Crippen LogP contribution in [0.2, 0.25) is 5.02 Å². The topological polar surface area (TPSA) is 15.8 Å². The van der Waals surface area contributed by atoms with E-state index in [2.05, 4.69) is 71.8 Å². The summed E-state index contributed by atoms with van der Waals surface area (Å²) in [5.41, 5.74) is 3.71. The van der Waals surface area contributed by atoms with Gasteiger partial charge in [-0.05, 0) is 41.5 Å². The molecule has 4 aromatic rings. The number of thioether (sulfide) groups is 1. The maximum atomic E-state index is 6.08. The number of aromatic nitrogens is 1. The molecule has 0 fully saturated rings. The van der Waals surface area contributed by atoms with Gasteiger partial charge in [-0.1, -0.05) is 60.1 Å². The normalized spacial score (nSPS) is 12.4. The summed E-state index contributed by atoms with van der Waals surface area (Å²) in [4.78, 5) is 4.65. The summed E-state index contributed by atoms with van der Waals surface area (Å²) in [6.45, 7) is 0. The van der Waals surface area contributed by atoms with Crippen LogP contribution in [0.5, 0.6) is 0 Å². The Labute approximate surface area is 150 Å². The molecule has 0 aliphatic heterocycles. The predicted octanol–water partition coefficient (Wildman–Crippen LogP) is 6.70. The minimum atomic E-state index is 0.209. The highest BCUT2D eigenvalue weighted by atomic mass is 35.5. The standard InChI is InChI=1S/C21H16ClNS/c22-16-12-10-15(11-13-16)21(24-17-6-2-1-3-7-17)19-14-23-20-9-5-4-8-18(19)20/h1-14,21,23H. The number of nitrogens with one attached hydrogen (secondary N) is 1. The van der Waals surface area contributed by atoms with Gasteiger partial charge in [-0.2, -0.15) is 0 Å². The number of halogens is 1. The van der Waals surface area contributed by atoms with E-state index in [1.165, 1.54) is 26.9 Å². The van der Waals surface area contributed by atoms with E-state index < -0.39 is 0 Å². The summed E-state index contributed by atoms with van der Waals surface area (Å²) >= 11 is 7.94. The van der Waals surface area contributed by atoms with Crippen LogP contribution in [-0.2, 0) is 0 Å². The van der Waals surface area contributed by atoms with Crippen LogP contribution >= 0.6 is 23.4 Å². The fourth-order valence-corrected chi connectivity index (χ4v) is 4.22. The van der Waals surface area contributed by atoms with Gasteiger partial charge in [0.05, 0.1) is 5.25 Å². The molecule has 1 heterocycles. The molecule has 1 aromatic heterocycles. The van der Waals surface area contributed by atoms with Crippen LogP contribution in [0.1, 0.15) is 16.4 Å². The molecule has 0 saturated heterocycles. The molecule has 1 atom stereocenters. The van der Waals surface area contributed by atoms with E-state index in [9.17, 15) is 0 Å². The van der Waals surface area contributed by atoms with Gasteiger partial charge in [-0.15, -0.1) is 11.8 Å². The van der Waals surface area contributed by atoms with Gasteiger partial charge in [-0.25, -0.2) is 0 Å². The number of fused-ring (bicyclic) bond motifs is 1. The highest BCUT2D eigenvalue weighted by Crippen LogP contribution is 2.43. The third-order valence-electron chi connectivity index (χ3n) is 4.07. The van der Waals surface area contributed by atoms with Crippen molar-refractivity contribution >= 4 is 34.3 Å². The van der Waals surface area contributed by atoms with Crippen LogP contribution < -0.4 is 0 Å². The first-order valence-corrected chi connectivity index (χ1v) is 9.10. The maximum Gasteiger partial charge on any atom is 0.0614 e. The first-order valence-electron chi connectivity index (χ1n) is 7.84. The smallest absolute Gasteiger partial charge is 0.0614 e. The molecule has 0 spiro atoms. The number of rotatable bonds is 4. The van der Waals surface area contributed by atoms with Crippen molar-refractivity contribution in [2.75, 3.05) is 0 Å². The molecule has 0 aliphatic rings. The van der Waals surface area contributed by atoms with Crippen molar-refractivity contribution in [3.05, 3.63) is 101 Å². The van der Waals surface area contributed by atoms with Gasteiger partial charge in [0.25, 0.3) is 0 Å². The minimum absolute atomic E-state index is 0.209. The van der Waals surface area contributed by atoms with E-state index in [0.717, 1.165) is 5.02 Å². The summed E-state index contributed by atoms with van der Waals surface area (Å²) in [7, 11) is 0. The molecule has 3 aromatic carbocycles. The molecule has 118 valence electrons. The molecule has 3 heteroatoms. The van der Waals surface area contributed by atoms with Crippen molar-refractivity contribution in [1.29, 1.82) is 0 Å². The average Bonchev–Trinajstić information content (AvgIpc) is 3.05. The lowest BCUT2D eigenvalue weighted by molar-refractivity contribution is 1.16. The first kappa shape index (κ1) is 15.4. The molecular formula is C21H16ClNS. The number of hydrogen-bond acceptors (Lipinski definition) is 1. The Bertz CT molecular complexity index is 944. The second kappa shape index (κ2) is 6.76. The molecule has 0 bridgehead atoms. The lowest BCUT2D eigenvalue weighted by Gasteiger charge is -2.17. The van der Waals surface area contributed by atoms with E-state index in [1.54, 1.807) is 0 Å². The maximum absolute atomic E-state index is 6.08. The quantitative estimate of drug-likeness (QED) is 0.405. The number of hydrogen-bond donors (Lipinski definition) is 1. The van der Waals surface area contributed by atoms with Crippen LogP contribution in [0.3, 0.4) is 0 Å². The number of para-hydroxylation sites is 1. The largest absolute Gasteiger partial charge is 0.361 e. The molecule has 0 saturated carbocycles. The summed E-state index contributed by atoms with van der Waals surface area (Å²) < 4.78 is 0. The van der Waals surface area contributed by atoms with E-state index in [0.29, 0.717) is 0 Å². The molecule has 1 unspecified atom stereocenters. The summed E-state index contributed by atoms with van der Waals surface area (Å²) in [6.07, 6.45) is 2.12. The minimum Gasteiger partial charge on any atom is -0.361 e. The van der Waals surface area contributed by atoms with Crippen LogP contribution in [0.25, 0.3) is 10.9 Å². The van der Waals surface area contributed by atoms with Crippen molar-refractivity contribution in [2.45, 2.75) is 10.1 Å². The van der Waals surface area contributed by atoms with Crippen LogP contribution in [0, 0.1) is 0 Å². The Balaban J connectivity index is 1.82. The van der Waals surface area contributed by atoms with E-state index >= 15 is 0 Å². The molecule has 4 rings (SSSR count). The highest BCUT2D eigenvalue weighted by molar-refractivity contribution is 7.99. The first-order chi connectivity index (χ1) is 11.8. The summed E-state index contributed by atoms with van der Waals surface area (Å²) in [5.74, 6) is 0. The number of H-pyrrole nitrogens is 1. The van der Waals surface area contributed by atoms with Gasteiger partial charge in [0.2, 0.25) is 0 Å². The molecule has 1 nitrogen and oxygen atoms in total. The molecule has 24 heavy (non-hydrogen) atoms. The summed E-state index contributed by atoms with van der Waals surface area (Å²) in [6, 6.07) is 27.1. The third-order valence-corrected chi connectivity index (χ3v) is 5.63. The second-order valence-electron chi connectivity index (χ2n) is 5.65. The Morgan fingerprint density at radius 1 is 0.792 bits per heavy atom. The van der Waals surface area contributed by atoms with Crippen molar-refractivity contribution in [3.8, 4) is 0 Å². The third kappa shape index (κ3) is 3.08. The highest BCUT2D eigenvalue weighted by Gasteiger charge is 2.19. The van der Waals surface area contributed by atoms with Crippen molar-refractivity contribution in [1.82, 2.24) is 4.98 Å². The van der Waals surface area contributed by atoms with Crippen molar-refractivity contribution in [3.63, 3.8) is 0 Å². The second-order valence-corrected chi connectivity index (χ2v) is 7.27. The Hall–Kier alpha value is -2.16. The zero-order valence-electron chi connectivity index (χ0n) is 12.9. The molecule has 0 amide bonds. The van der Waals surface area contributed by atoms with E-state index in [1.807, 2.05) is 30.0 Å². The molecular weight excluding hydrogens is 334 g/mol.